The standard InChI is InChI=1S/C22H17N3O3/c26-22(18-9-5-2-6-10-18)25-24-21(17-7-3-1-4-8-17)23-14-16-11-12-19-20(13-16)28-15-27-19/h1-14H,15H2,(H,25,26). The van der Waals surface area contributed by atoms with Crippen LogP contribution in [0.15, 0.2) is 89.0 Å². The van der Waals surface area contributed by atoms with Crippen LogP contribution in [0.4, 0.5) is 0 Å². The highest BCUT2D eigenvalue weighted by Crippen LogP contribution is 2.32. The van der Waals surface area contributed by atoms with Crippen molar-refractivity contribution in [2.75, 3.05) is 6.79 Å². The first-order chi connectivity index (χ1) is 13.8. The molecule has 0 bridgehead atoms. The minimum absolute atomic E-state index is 0.220. The largest absolute Gasteiger partial charge is 0.454 e. The molecule has 1 aliphatic heterocycles. The van der Waals surface area contributed by atoms with Crippen molar-refractivity contribution in [1.82, 2.24) is 5.43 Å². The summed E-state index contributed by atoms with van der Waals surface area (Å²) in [7, 11) is 0. The van der Waals surface area contributed by atoms with Crippen molar-refractivity contribution in [3.8, 4) is 11.5 Å². The van der Waals surface area contributed by atoms with Crippen LogP contribution >= 0.6 is 0 Å². The van der Waals surface area contributed by atoms with E-state index in [9.17, 15) is 4.79 Å². The first-order valence-corrected chi connectivity index (χ1v) is 8.72. The Labute approximate surface area is 162 Å². The molecule has 0 fully saturated rings. The first kappa shape index (κ1) is 17.5. The average molecular weight is 371 g/mol. The quantitative estimate of drug-likeness (QED) is 0.432. The highest BCUT2D eigenvalue weighted by atomic mass is 16.7. The molecule has 28 heavy (non-hydrogen) atoms. The third-order valence-corrected chi connectivity index (χ3v) is 4.06. The van der Waals surface area contributed by atoms with Gasteiger partial charge in [0.2, 0.25) is 6.79 Å². The van der Waals surface area contributed by atoms with E-state index in [2.05, 4.69) is 15.5 Å². The second kappa shape index (κ2) is 8.18. The first-order valence-electron chi connectivity index (χ1n) is 8.72. The molecule has 0 spiro atoms. The summed E-state index contributed by atoms with van der Waals surface area (Å²) in [6.07, 6.45) is 1.67. The van der Waals surface area contributed by atoms with Crippen LogP contribution in [0.25, 0.3) is 0 Å². The monoisotopic (exact) mass is 371 g/mol. The van der Waals surface area contributed by atoms with Crippen LogP contribution in [0.5, 0.6) is 11.5 Å². The Kier molecular flexibility index (Phi) is 5.11. The molecule has 1 amide bonds. The zero-order valence-electron chi connectivity index (χ0n) is 14.9. The number of amides is 1. The molecule has 0 aliphatic carbocycles. The summed E-state index contributed by atoms with van der Waals surface area (Å²) >= 11 is 0. The van der Waals surface area contributed by atoms with E-state index in [1.165, 1.54) is 0 Å². The molecular formula is C22H17N3O3. The molecule has 0 radical (unpaired) electrons. The molecule has 0 aromatic heterocycles. The zero-order valence-corrected chi connectivity index (χ0v) is 14.9. The number of rotatable bonds is 4. The highest BCUT2D eigenvalue weighted by molar-refractivity contribution is 6.06. The Bertz CT molecular complexity index is 1030. The van der Waals surface area contributed by atoms with Gasteiger partial charge >= 0.3 is 0 Å². The number of hydrogen-bond donors (Lipinski definition) is 1. The summed E-state index contributed by atoms with van der Waals surface area (Å²) in [6, 6.07) is 23.9. The van der Waals surface area contributed by atoms with Gasteiger partial charge in [0.05, 0.1) is 0 Å². The van der Waals surface area contributed by atoms with Crippen LogP contribution in [-0.4, -0.2) is 24.8 Å². The smallest absolute Gasteiger partial charge is 0.271 e. The van der Waals surface area contributed by atoms with Crippen molar-refractivity contribution in [2.24, 2.45) is 10.1 Å². The van der Waals surface area contributed by atoms with E-state index in [4.69, 9.17) is 9.47 Å². The molecule has 3 aromatic carbocycles. The van der Waals surface area contributed by atoms with E-state index in [-0.39, 0.29) is 12.7 Å². The zero-order chi connectivity index (χ0) is 19.2. The lowest BCUT2D eigenvalue weighted by Crippen LogP contribution is -2.19. The van der Waals surface area contributed by atoms with Crippen molar-refractivity contribution in [3.63, 3.8) is 0 Å². The molecule has 6 nitrogen and oxygen atoms in total. The minimum atomic E-state index is -0.299. The molecular weight excluding hydrogens is 354 g/mol. The van der Waals surface area contributed by atoms with E-state index in [0.29, 0.717) is 22.9 Å². The lowest BCUT2D eigenvalue weighted by molar-refractivity contribution is 0.0955. The molecule has 0 saturated carbocycles. The third-order valence-electron chi connectivity index (χ3n) is 4.06. The number of nitrogens with one attached hydrogen (secondary N) is 1. The van der Waals surface area contributed by atoms with Gasteiger partial charge in [-0.05, 0) is 35.9 Å². The Balaban J connectivity index is 1.58. The van der Waals surface area contributed by atoms with Crippen LogP contribution in [0, 0.1) is 0 Å². The summed E-state index contributed by atoms with van der Waals surface area (Å²) in [4.78, 5) is 16.8. The second-order valence-electron chi connectivity index (χ2n) is 5.98. The molecule has 0 atom stereocenters. The van der Waals surface area contributed by atoms with Crippen LogP contribution < -0.4 is 14.9 Å². The van der Waals surface area contributed by atoms with Gasteiger partial charge in [-0.15, -0.1) is 0 Å². The maximum atomic E-state index is 12.3. The summed E-state index contributed by atoms with van der Waals surface area (Å²) in [5, 5.41) is 4.22. The minimum Gasteiger partial charge on any atom is -0.454 e. The molecule has 4 rings (SSSR count). The molecule has 6 heteroatoms. The summed E-state index contributed by atoms with van der Waals surface area (Å²) in [5.74, 6) is 1.48. The van der Waals surface area contributed by atoms with E-state index in [1.807, 2.05) is 54.6 Å². The topological polar surface area (TPSA) is 72.3 Å². The van der Waals surface area contributed by atoms with Gasteiger partial charge in [-0.3, -0.25) is 4.79 Å². The maximum absolute atomic E-state index is 12.3. The van der Waals surface area contributed by atoms with Crippen molar-refractivity contribution < 1.29 is 14.3 Å². The van der Waals surface area contributed by atoms with Crippen LogP contribution in [0.1, 0.15) is 21.5 Å². The highest BCUT2D eigenvalue weighted by Gasteiger charge is 2.12. The second-order valence-corrected chi connectivity index (χ2v) is 5.98. The molecule has 3 aromatic rings. The Hall–Kier alpha value is -3.93. The lowest BCUT2D eigenvalue weighted by atomic mass is 10.2. The number of carbonyl (C=O) groups is 1. The summed E-state index contributed by atoms with van der Waals surface area (Å²) in [5.41, 5.74) is 4.71. The molecule has 0 saturated heterocycles. The number of fused-ring (bicyclic) bond motifs is 1. The molecule has 1 aliphatic rings. The number of ether oxygens (including phenoxy) is 2. The summed E-state index contributed by atoms with van der Waals surface area (Å²) in [6.45, 7) is 0.220. The van der Waals surface area contributed by atoms with E-state index < -0.39 is 0 Å². The fourth-order valence-corrected chi connectivity index (χ4v) is 2.64. The number of aliphatic imine (C=N–C) groups is 1. The SMILES string of the molecule is O=C(NN=C(N=Cc1ccc2c(c1)OCO2)c1ccccc1)c1ccccc1. The average Bonchev–Trinajstić information content (AvgIpc) is 3.23. The van der Waals surface area contributed by atoms with Crippen molar-refractivity contribution in [2.45, 2.75) is 0 Å². The number of hydrazone groups is 1. The molecule has 1 N–H and O–H groups in total. The van der Waals surface area contributed by atoms with Gasteiger partial charge < -0.3 is 9.47 Å². The fourth-order valence-electron chi connectivity index (χ4n) is 2.64. The van der Waals surface area contributed by atoms with Crippen molar-refractivity contribution in [3.05, 3.63) is 95.6 Å². The fraction of sp³-hybridized carbons (Fsp3) is 0.0455. The molecule has 138 valence electrons. The van der Waals surface area contributed by atoms with Crippen LogP contribution in [0.3, 0.4) is 0 Å². The van der Waals surface area contributed by atoms with E-state index in [0.717, 1.165) is 11.1 Å². The van der Waals surface area contributed by atoms with Crippen molar-refractivity contribution >= 4 is 18.0 Å². The van der Waals surface area contributed by atoms with Crippen LogP contribution in [0.2, 0.25) is 0 Å². The van der Waals surface area contributed by atoms with Gasteiger partial charge in [-0.25, -0.2) is 10.4 Å². The Morgan fingerprint density at radius 1 is 0.857 bits per heavy atom. The number of hydrogen-bond acceptors (Lipinski definition) is 4. The number of nitrogens with zero attached hydrogens (tertiary/aromatic N) is 2. The molecule has 0 unspecified atom stereocenters. The van der Waals surface area contributed by atoms with Crippen LogP contribution in [-0.2, 0) is 0 Å². The van der Waals surface area contributed by atoms with Gasteiger partial charge in [-0.2, -0.15) is 5.10 Å². The normalized spacial score (nSPS) is 12.9. The Morgan fingerprint density at radius 2 is 1.54 bits per heavy atom. The predicted octanol–water partition coefficient (Wildman–Crippen LogP) is 3.63. The number of amidine groups is 1. The Morgan fingerprint density at radius 3 is 2.29 bits per heavy atom. The molecule has 1 heterocycles. The van der Waals surface area contributed by atoms with Gasteiger partial charge in [0.25, 0.3) is 5.91 Å². The van der Waals surface area contributed by atoms with Gasteiger partial charge in [0.1, 0.15) is 0 Å². The van der Waals surface area contributed by atoms with Crippen molar-refractivity contribution in [1.29, 1.82) is 0 Å². The third kappa shape index (κ3) is 4.07. The van der Waals surface area contributed by atoms with Gasteiger partial charge in [-0.1, -0.05) is 48.5 Å². The maximum Gasteiger partial charge on any atom is 0.271 e. The predicted molar refractivity (Wildman–Crippen MR) is 107 cm³/mol. The number of benzene rings is 3. The summed E-state index contributed by atoms with van der Waals surface area (Å²) < 4.78 is 10.7. The van der Waals surface area contributed by atoms with E-state index in [1.54, 1.807) is 30.5 Å². The van der Waals surface area contributed by atoms with E-state index >= 15 is 0 Å². The van der Waals surface area contributed by atoms with Gasteiger partial charge in [0.15, 0.2) is 17.3 Å². The number of carbonyl (C=O) groups excluding carboxylic acids is 1. The lowest BCUT2D eigenvalue weighted by Gasteiger charge is -2.04. The van der Waals surface area contributed by atoms with Gasteiger partial charge in [0, 0.05) is 17.3 Å².